The summed E-state index contributed by atoms with van der Waals surface area (Å²) < 4.78 is 7.47. The molecule has 112 valence electrons. The van der Waals surface area contributed by atoms with Crippen LogP contribution in [-0.2, 0) is 6.42 Å². The van der Waals surface area contributed by atoms with Crippen LogP contribution in [0.3, 0.4) is 0 Å². The molecule has 2 aliphatic rings. The van der Waals surface area contributed by atoms with Crippen molar-refractivity contribution in [1.82, 2.24) is 9.97 Å². The van der Waals surface area contributed by atoms with Gasteiger partial charge in [-0.3, -0.25) is 0 Å². The normalized spacial score (nSPS) is 22.6. The second-order valence-corrected chi connectivity index (χ2v) is 8.03. The minimum Gasteiger partial charge on any atom is -0.474 e. The maximum Gasteiger partial charge on any atom is 0.225 e. The van der Waals surface area contributed by atoms with Crippen molar-refractivity contribution in [3.8, 4) is 5.88 Å². The minimum atomic E-state index is 0.354. The molecule has 5 heteroatoms. The van der Waals surface area contributed by atoms with Crippen molar-refractivity contribution in [2.75, 3.05) is 4.43 Å². The zero-order chi connectivity index (χ0) is 14.2. The van der Waals surface area contributed by atoms with E-state index in [2.05, 4.69) is 32.6 Å². The highest BCUT2D eigenvalue weighted by atomic mass is 127. The Kier molecular flexibility index (Phi) is 4.04. The van der Waals surface area contributed by atoms with Gasteiger partial charge in [0.05, 0.1) is 5.39 Å². The van der Waals surface area contributed by atoms with E-state index in [1.807, 2.05) is 11.3 Å². The third kappa shape index (κ3) is 2.56. The molecule has 2 aliphatic carbocycles. The molecule has 1 saturated carbocycles. The summed E-state index contributed by atoms with van der Waals surface area (Å²) in [5.41, 5.74) is 1.50. The van der Waals surface area contributed by atoms with Crippen molar-refractivity contribution in [3.63, 3.8) is 0 Å². The van der Waals surface area contributed by atoms with Crippen LogP contribution >= 0.6 is 33.9 Å². The van der Waals surface area contributed by atoms with Crippen molar-refractivity contribution < 1.29 is 4.74 Å². The Morgan fingerprint density at radius 3 is 2.86 bits per heavy atom. The number of halogens is 1. The van der Waals surface area contributed by atoms with Crippen LogP contribution in [0, 0.1) is 0 Å². The lowest BCUT2D eigenvalue weighted by atomic mass is 9.98. The smallest absolute Gasteiger partial charge is 0.225 e. The van der Waals surface area contributed by atoms with Gasteiger partial charge in [-0.25, -0.2) is 9.97 Å². The number of nitrogens with zero attached hydrogens (tertiary/aromatic N) is 2. The van der Waals surface area contributed by atoms with Gasteiger partial charge in [0.1, 0.15) is 17.3 Å². The molecule has 1 fully saturated rings. The number of aryl methyl sites for hydroxylation is 1. The molecular formula is C16H19IN2OS. The molecule has 0 radical (unpaired) electrons. The van der Waals surface area contributed by atoms with Crippen LogP contribution in [0.4, 0.5) is 0 Å². The average molecular weight is 414 g/mol. The first-order valence-electron chi connectivity index (χ1n) is 7.85. The van der Waals surface area contributed by atoms with Crippen LogP contribution in [-0.4, -0.2) is 20.5 Å². The van der Waals surface area contributed by atoms with Crippen LogP contribution in [0.15, 0.2) is 6.33 Å². The number of thiophene rings is 1. The lowest BCUT2D eigenvalue weighted by molar-refractivity contribution is 0.150. The first-order chi connectivity index (χ1) is 10.4. The van der Waals surface area contributed by atoms with E-state index in [0.29, 0.717) is 12.0 Å². The second-order valence-electron chi connectivity index (χ2n) is 6.07. The Bertz CT molecular complexity index is 651. The summed E-state index contributed by atoms with van der Waals surface area (Å²) in [6.07, 6.45) is 10.8. The van der Waals surface area contributed by atoms with Crippen molar-refractivity contribution in [1.29, 1.82) is 0 Å². The van der Waals surface area contributed by atoms with Crippen LogP contribution in [0.2, 0.25) is 0 Å². The van der Waals surface area contributed by atoms with Crippen molar-refractivity contribution in [2.45, 2.75) is 57.0 Å². The summed E-state index contributed by atoms with van der Waals surface area (Å²) in [5, 5.41) is 1.22. The molecule has 0 aromatic carbocycles. The van der Waals surface area contributed by atoms with Gasteiger partial charge >= 0.3 is 0 Å². The number of hydrogen-bond donors (Lipinski definition) is 0. The van der Waals surface area contributed by atoms with Gasteiger partial charge < -0.3 is 4.74 Å². The van der Waals surface area contributed by atoms with Crippen molar-refractivity contribution in [2.24, 2.45) is 0 Å². The molecule has 21 heavy (non-hydrogen) atoms. The van der Waals surface area contributed by atoms with E-state index < -0.39 is 0 Å². The largest absolute Gasteiger partial charge is 0.474 e. The van der Waals surface area contributed by atoms with E-state index in [9.17, 15) is 0 Å². The Labute approximate surface area is 142 Å². The van der Waals surface area contributed by atoms with Gasteiger partial charge in [-0.2, -0.15) is 0 Å². The Hall–Kier alpha value is -0.430. The summed E-state index contributed by atoms with van der Waals surface area (Å²) in [5.74, 6) is 1.51. The fourth-order valence-electron chi connectivity index (χ4n) is 3.62. The van der Waals surface area contributed by atoms with Crippen molar-refractivity contribution in [3.05, 3.63) is 16.8 Å². The Balaban J connectivity index is 1.74. The second kappa shape index (κ2) is 5.99. The van der Waals surface area contributed by atoms with E-state index in [1.54, 1.807) is 6.33 Å². The fourth-order valence-corrected chi connectivity index (χ4v) is 5.74. The maximum absolute atomic E-state index is 6.30. The molecule has 0 spiro atoms. The Morgan fingerprint density at radius 2 is 2.05 bits per heavy atom. The molecule has 2 aromatic heterocycles. The highest BCUT2D eigenvalue weighted by molar-refractivity contribution is 14.1. The van der Waals surface area contributed by atoms with E-state index >= 15 is 0 Å². The molecule has 0 N–H and O–H groups in total. The number of ether oxygens (including phenoxy) is 1. The SMILES string of the molecule is IC[C@H]1CCc2sc3ncnc(OC4CCCCC4)c3c21. The summed E-state index contributed by atoms with van der Waals surface area (Å²) in [6.45, 7) is 0. The van der Waals surface area contributed by atoms with Gasteiger partial charge in [-0.1, -0.05) is 29.0 Å². The van der Waals surface area contributed by atoms with Gasteiger partial charge in [0, 0.05) is 9.30 Å². The van der Waals surface area contributed by atoms with Crippen LogP contribution in [0.5, 0.6) is 5.88 Å². The minimum absolute atomic E-state index is 0.354. The molecule has 0 bridgehead atoms. The van der Waals surface area contributed by atoms with Crippen molar-refractivity contribution >= 4 is 44.1 Å². The zero-order valence-electron chi connectivity index (χ0n) is 12.0. The summed E-state index contributed by atoms with van der Waals surface area (Å²) in [4.78, 5) is 11.6. The molecule has 3 nitrogen and oxygen atoms in total. The molecule has 2 aromatic rings. The molecule has 0 saturated heterocycles. The topological polar surface area (TPSA) is 35.0 Å². The van der Waals surface area contributed by atoms with Gasteiger partial charge in [0.25, 0.3) is 0 Å². The van der Waals surface area contributed by atoms with Crippen LogP contribution < -0.4 is 4.74 Å². The lowest BCUT2D eigenvalue weighted by Crippen LogP contribution is -2.20. The average Bonchev–Trinajstić information content (AvgIpc) is 3.07. The summed E-state index contributed by atoms with van der Waals surface area (Å²) in [7, 11) is 0. The number of aromatic nitrogens is 2. The fraction of sp³-hybridized carbons (Fsp3) is 0.625. The van der Waals surface area contributed by atoms with Gasteiger partial charge in [-0.05, 0) is 50.0 Å². The predicted octanol–water partition coefficient (Wildman–Crippen LogP) is 4.87. The van der Waals surface area contributed by atoms with E-state index in [1.165, 1.54) is 65.2 Å². The lowest BCUT2D eigenvalue weighted by Gasteiger charge is -2.23. The third-order valence-corrected chi connectivity index (χ3v) is 6.95. The monoisotopic (exact) mass is 414 g/mol. The van der Waals surface area contributed by atoms with Gasteiger partial charge in [0.15, 0.2) is 0 Å². The Morgan fingerprint density at radius 1 is 1.19 bits per heavy atom. The molecular weight excluding hydrogens is 395 g/mol. The molecule has 2 heterocycles. The van der Waals surface area contributed by atoms with E-state index in [4.69, 9.17) is 4.74 Å². The first kappa shape index (κ1) is 14.2. The number of hydrogen-bond acceptors (Lipinski definition) is 4. The highest BCUT2D eigenvalue weighted by Gasteiger charge is 2.30. The predicted molar refractivity (Wildman–Crippen MR) is 94.9 cm³/mol. The number of alkyl halides is 1. The molecule has 0 amide bonds. The first-order valence-corrected chi connectivity index (χ1v) is 10.2. The highest BCUT2D eigenvalue weighted by Crippen LogP contribution is 2.46. The summed E-state index contributed by atoms with van der Waals surface area (Å²) in [6, 6.07) is 0. The van der Waals surface area contributed by atoms with E-state index in [-0.39, 0.29) is 0 Å². The standard InChI is InChI=1S/C16H19IN2OS/c17-8-10-6-7-12-13(10)14-15(18-9-19-16(14)21-12)20-11-4-2-1-3-5-11/h9-11H,1-8H2/t10-/m1/s1. The quantitative estimate of drug-likeness (QED) is 0.531. The number of rotatable bonds is 3. The van der Waals surface area contributed by atoms with Crippen LogP contribution in [0.25, 0.3) is 10.2 Å². The molecule has 0 aliphatic heterocycles. The van der Waals surface area contributed by atoms with Crippen LogP contribution in [0.1, 0.15) is 54.9 Å². The molecule has 0 unspecified atom stereocenters. The maximum atomic E-state index is 6.30. The van der Waals surface area contributed by atoms with Gasteiger partial charge in [0.2, 0.25) is 5.88 Å². The third-order valence-electron chi connectivity index (χ3n) is 4.71. The van der Waals surface area contributed by atoms with Gasteiger partial charge in [-0.15, -0.1) is 11.3 Å². The molecule has 1 atom stereocenters. The molecule has 4 rings (SSSR count). The van der Waals surface area contributed by atoms with E-state index in [0.717, 1.165) is 10.7 Å². The zero-order valence-corrected chi connectivity index (χ0v) is 15.0. The summed E-state index contributed by atoms with van der Waals surface area (Å²) >= 11 is 4.35. The number of fused-ring (bicyclic) bond motifs is 3.